The average molecular weight is 280 g/mol. The van der Waals surface area contributed by atoms with E-state index in [1.807, 2.05) is 6.92 Å². The van der Waals surface area contributed by atoms with Crippen molar-refractivity contribution < 1.29 is 14.6 Å². The lowest BCUT2D eigenvalue weighted by atomic mass is 9.40. The Balaban J connectivity index is 2.01. The molecule has 3 heteroatoms. The molecule has 0 aromatic heterocycles. The van der Waals surface area contributed by atoms with Crippen LogP contribution < -0.4 is 0 Å². The summed E-state index contributed by atoms with van der Waals surface area (Å²) >= 11 is 0. The van der Waals surface area contributed by atoms with Gasteiger partial charge in [0.1, 0.15) is 0 Å². The van der Waals surface area contributed by atoms with E-state index >= 15 is 0 Å². The summed E-state index contributed by atoms with van der Waals surface area (Å²) in [5.74, 6) is 0.634. The molecule has 0 aliphatic heterocycles. The van der Waals surface area contributed by atoms with E-state index in [-0.39, 0.29) is 28.8 Å². The number of esters is 1. The summed E-state index contributed by atoms with van der Waals surface area (Å²) in [5, 5.41) is 10.7. The molecule has 0 heterocycles. The normalized spacial score (nSPS) is 45.8. The number of carbonyl (C=O) groups is 1. The van der Waals surface area contributed by atoms with Crippen molar-refractivity contribution in [3.8, 4) is 0 Å². The van der Waals surface area contributed by atoms with Gasteiger partial charge in [-0.25, -0.2) is 0 Å². The lowest BCUT2D eigenvalue weighted by molar-refractivity contribution is -0.217. The van der Waals surface area contributed by atoms with Crippen molar-refractivity contribution in [2.45, 2.75) is 65.4 Å². The topological polar surface area (TPSA) is 46.5 Å². The molecule has 1 spiro atoms. The summed E-state index contributed by atoms with van der Waals surface area (Å²) in [4.78, 5) is 12.5. The SMILES string of the molecule is CCOC(=O)[C@H]1[C@@H]2CC[C@@]3(CCCC(C)(C)[C@H]13)[C@H](O)C2. The smallest absolute Gasteiger partial charge is 0.309 e. The van der Waals surface area contributed by atoms with Crippen LogP contribution in [0.4, 0.5) is 0 Å². The molecule has 1 N–H and O–H groups in total. The third kappa shape index (κ3) is 1.85. The van der Waals surface area contributed by atoms with E-state index in [1.165, 1.54) is 6.42 Å². The van der Waals surface area contributed by atoms with Crippen molar-refractivity contribution in [3.05, 3.63) is 0 Å². The molecular formula is C17H28O3. The largest absolute Gasteiger partial charge is 0.466 e. The van der Waals surface area contributed by atoms with Gasteiger partial charge in [0.05, 0.1) is 18.6 Å². The van der Waals surface area contributed by atoms with Gasteiger partial charge in [-0.2, -0.15) is 0 Å². The van der Waals surface area contributed by atoms with Crippen LogP contribution in [-0.4, -0.2) is 23.8 Å². The zero-order valence-corrected chi connectivity index (χ0v) is 13.0. The molecule has 4 saturated carbocycles. The number of hydrogen-bond acceptors (Lipinski definition) is 3. The minimum Gasteiger partial charge on any atom is -0.466 e. The third-order valence-electron chi connectivity index (χ3n) is 6.52. The number of fused-ring (bicyclic) bond motifs is 2. The monoisotopic (exact) mass is 280 g/mol. The van der Waals surface area contributed by atoms with E-state index < -0.39 is 0 Å². The molecule has 2 bridgehead atoms. The lowest BCUT2D eigenvalue weighted by Gasteiger charge is -2.65. The molecule has 4 fully saturated rings. The number of aliphatic hydroxyl groups is 1. The second-order valence-corrected chi connectivity index (χ2v) is 7.88. The van der Waals surface area contributed by atoms with E-state index in [4.69, 9.17) is 4.74 Å². The predicted octanol–water partition coefficient (Wildman–Crippen LogP) is 3.15. The van der Waals surface area contributed by atoms with Gasteiger partial charge in [0, 0.05) is 5.41 Å². The van der Waals surface area contributed by atoms with Crippen LogP contribution in [0.5, 0.6) is 0 Å². The standard InChI is InChI=1S/C17H28O3/c1-4-20-15(19)13-11-6-9-17(12(18)10-11)8-5-7-16(2,3)14(13)17/h11-14,18H,4-10H2,1-3H3/t11-,12-,13+,14+,17+/m1/s1. The zero-order chi connectivity index (χ0) is 14.5. The summed E-state index contributed by atoms with van der Waals surface area (Å²) in [6, 6.07) is 0. The molecule has 3 nitrogen and oxygen atoms in total. The van der Waals surface area contributed by atoms with E-state index in [0.29, 0.717) is 18.4 Å². The fourth-order valence-corrected chi connectivity index (χ4v) is 5.89. The molecule has 0 aromatic carbocycles. The fraction of sp³-hybridized carbons (Fsp3) is 0.941. The van der Waals surface area contributed by atoms with Crippen LogP contribution in [0.25, 0.3) is 0 Å². The first-order valence-corrected chi connectivity index (χ1v) is 8.27. The molecule has 4 aliphatic carbocycles. The van der Waals surface area contributed by atoms with E-state index in [0.717, 1.165) is 32.1 Å². The number of hydrogen-bond donors (Lipinski definition) is 1. The molecule has 0 aromatic rings. The molecule has 20 heavy (non-hydrogen) atoms. The van der Waals surface area contributed by atoms with Gasteiger partial charge in [-0.15, -0.1) is 0 Å². The van der Waals surface area contributed by atoms with Crippen molar-refractivity contribution in [3.63, 3.8) is 0 Å². The summed E-state index contributed by atoms with van der Waals surface area (Å²) < 4.78 is 5.39. The Bertz CT molecular complexity index is 399. The highest BCUT2D eigenvalue weighted by molar-refractivity contribution is 5.74. The van der Waals surface area contributed by atoms with Gasteiger partial charge in [0.2, 0.25) is 0 Å². The van der Waals surface area contributed by atoms with Crippen LogP contribution >= 0.6 is 0 Å². The highest BCUT2D eigenvalue weighted by Crippen LogP contribution is 2.67. The summed E-state index contributed by atoms with van der Waals surface area (Å²) in [5.41, 5.74) is 0.115. The second kappa shape index (κ2) is 4.72. The first-order chi connectivity index (χ1) is 9.42. The summed E-state index contributed by atoms with van der Waals surface area (Å²) in [6.07, 6.45) is 6.21. The van der Waals surface area contributed by atoms with Crippen molar-refractivity contribution >= 4 is 5.97 Å². The van der Waals surface area contributed by atoms with Crippen LogP contribution in [-0.2, 0) is 9.53 Å². The van der Waals surface area contributed by atoms with Gasteiger partial charge < -0.3 is 9.84 Å². The van der Waals surface area contributed by atoms with Crippen LogP contribution in [0, 0.1) is 28.6 Å². The number of carbonyl (C=O) groups excluding carboxylic acids is 1. The second-order valence-electron chi connectivity index (χ2n) is 7.88. The van der Waals surface area contributed by atoms with Gasteiger partial charge >= 0.3 is 5.97 Å². The molecule has 4 aliphatic rings. The van der Waals surface area contributed by atoms with Crippen LogP contribution in [0.1, 0.15) is 59.3 Å². The first kappa shape index (κ1) is 14.4. The summed E-state index contributed by atoms with van der Waals surface area (Å²) in [7, 11) is 0. The molecule has 0 amide bonds. The first-order valence-electron chi connectivity index (χ1n) is 8.27. The van der Waals surface area contributed by atoms with Gasteiger partial charge in [-0.1, -0.05) is 20.3 Å². The minimum absolute atomic E-state index is 0.00606. The maximum Gasteiger partial charge on any atom is 0.309 e. The fourth-order valence-electron chi connectivity index (χ4n) is 5.89. The Morgan fingerprint density at radius 1 is 1.30 bits per heavy atom. The molecule has 4 rings (SSSR count). The number of ether oxygens (including phenoxy) is 1. The molecule has 114 valence electrons. The molecular weight excluding hydrogens is 252 g/mol. The van der Waals surface area contributed by atoms with Gasteiger partial charge in [0.25, 0.3) is 0 Å². The van der Waals surface area contributed by atoms with E-state index in [1.54, 1.807) is 0 Å². The Morgan fingerprint density at radius 2 is 2.05 bits per heavy atom. The Kier molecular flexibility index (Phi) is 3.39. The molecule has 0 unspecified atom stereocenters. The van der Waals surface area contributed by atoms with Crippen molar-refractivity contribution in [2.24, 2.45) is 28.6 Å². The predicted molar refractivity (Wildman–Crippen MR) is 77.0 cm³/mol. The van der Waals surface area contributed by atoms with Crippen molar-refractivity contribution in [1.29, 1.82) is 0 Å². The average Bonchev–Trinajstić information content (AvgIpc) is 2.38. The van der Waals surface area contributed by atoms with E-state index in [2.05, 4.69) is 13.8 Å². The number of aliphatic hydroxyl groups excluding tert-OH is 1. The molecule has 0 saturated heterocycles. The minimum atomic E-state index is -0.212. The summed E-state index contributed by atoms with van der Waals surface area (Å²) in [6.45, 7) is 6.93. The maximum absolute atomic E-state index is 12.5. The van der Waals surface area contributed by atoms with Crippen LogP contribution in [0.15, 0.2) is 0 Å². The molecule has 5 atom stereocenters. The van der Waals surface area contributed by atoms with Crippen molar-refractivity contribution in [1.82, 2.24) is 0 Å². The highest BCUT2D eigenvalue weighted by atomic mass is 16.5. The highest BCUT2D eigenvalue weighted by Gasteiger charge is 2.64. The molecule has 0 radical (unpaired) electrons. The lowest BCUT2D eigenvalue weighted by Crippen LogP contribution is -2.63. The third-order valence-corrected chi connectivity index (χ3v) is 6.52. The van der Waals surface area contributed by atoms with Gasteiger partial charge in [-0.05, 0) is 56.3 Å². The maximum atomic E-state index is 12.5. The van der Waals surface area contributed by atoms with E-state index in [9.17, 15) is 9.90 Å². The Hall–Kier alpha value is -0.570. The van der Waals surface area contributed by atoms with Crippen LogP contribution in [0.2, 0.25) is 0 Å². The quantitative estimate of drug-likeness (QED) is 0.790. The van der Waals surface area contributed by atoms with Crippen molar-refractivity contribution in [2.75, 3.05) is 6.61 Å². The Morgan fingerprint density at radius 3 is 2.70 bits per heavy atom. The van der Waals surface area contributed by atoms with Gasteiger partial charge in [-0.3, -0.25) is 4.79 Å². The number of rotatable bonds is 2. The van der Waals surface area contributed by atoms with Crippen LogP contribution in [0.3, 0.4) is 0 Å². The van der Waals surface area contributed by atoms with Gasteiger partial charge in [0.15, 0.2) is 0 Å². The Labute approximate surface area is 122 Å². The zero-order valence-electron chi connectivity index (χ0n) is 13.0.